The Kier molecular flexibility index (Phi) is 17.4. The summed E-state index contributed by atoms with van der Waals surface area (Å²) in [7, 11) is 0. The number of aryl methyl sites for hydroxylation is 2. The van der Waals surface area contributed by atoms with Gasteiger partial charge in [0.05, 0.1) is 13.1 Å². The molecule has 1 aromatic rings. The molecule has 0 N–H and O–H groups in total. The minimum Gasteiger partial charge on any atom is -0.234 e. The Hall–Kier alpha value is -0.790. The molecule has 0 fully saturated rings. The van der Waals surface area contributed by atoms with Crippen molar-refractivity contribution in [3.05, 3.63) is 18.2 Å². The van der Waals surface area contributed by atoms with Gasteiger partial charge in [0.15, 0.2) is 0 Å². The zero-order valence-corrected chi connectivity index (χ0v) is 20.4. The molecule has 1 aromatic heterocycles. The third kappa shape index (κ3) is 13.2. The first-order valence-electron chi connectivity index (χ1n) is 13.4. The van der Waals surface area contributed by atoms with Crippen LogP contribution in [0.3, 0.4) is 0 Å². The van der Waals surface area contributed by atoms with E-state index in [1.807, 2.05) is 0 Å². The lowest BCUT2D eigenvalue weighted by molar-refractivity contribution is -0.704. The number of aromatic nitrogens is 2. The molecule has 0 aliphatic carbocycles. The fourth-order valence-corrected chi connectivity index (χ4v) is 4.42. The highest BCUT2D eigenvalue weighted by Gasteiger charge is 2.15. The lowest BCUT2D eigenvalue weighted by atomic mass is 10.0. The topological polar surface area (TPSA) is 8.81 Å². The maximum atomic E-state index is 2.54. The van der Waals surface area contributed by atoms with Crippen LogP contribution in [0.2, 0.25) is 0 Å². The lowest BCUT2D eigenvalue weighted by Crippen LogP contribution is -2.37. The molecule has 0 saturated heterocycles. The van der Waals surface area contributed by atoms with Crippen molar-refractivity contribution in [3.8, 4) is 0 Å². The molecule has 2 heteroatoms. The average molecular weight is 406 g/mol. The molecule has 0 spiro atoms. The molecule has 0 radical (unpaired) electrons. The van der Waals surface area contributed by atoms with Crippen LogP contribution in [0.5, 0.6) is 0 Å². The lowest BCUT2D eigenvalue weighted by Gasteiger charge is -2.05. The van der Waals surface area contributed by atoms with E-state index in [1.165, 1.54) is 135 Å². The molecule has 0 aliphatic heterocycles. The Morgan fingerprint density at radius 3 is 1.59 bits per heavy atom. The molecule has 0 aromatic carbocycles. The molecule has 0 saturated carbocycles. The summed E-state index contributed by atoms with van der Waals surface area (Å²) in [4.78, 5) is 0. The van der Waals surface area contributed by atoms with Crippen LogP contribution in [0, 0.1) is 0 Å². The Labute approximate surface area is 183 Å². The normalized spacial score (nSPS) is 11.4. The Morgan fingerprint density at radius 2 is 1.07 bits per heavy atom. The standard InChI is InChI=1S/C27H53N2/c1-4-7-9-10-11-12-13-14-15-16-17-18-19-21-24-29-26-25-28(23-20-8-5-2)27(29)22-6-3/h25-26H,4-24H2,1-3H3/q+1. The second kappa shape index (κ2) is 19.2. The van der Waals surface area contributed by atoms with E-state index in [-0.39, 0.29) is 0 Å². The van der Waals surface area contributed by atoms with Gasteiger partial charge in [-0.3, -0.25) is 0 Å². The van der Waals surface area contributed by atoms with Crippen molar-refractivity contribution >= 4 is 0 Å². The number of hydrogen-bond donors (Lipinski definition) is 0. The van der Waals surface area contributed by atoms with Crippen LogP contribution in [0.1, 0.15) is 142 Å². The fraction of sp³-hybridized carbons (Fsp3) is 0.889. The molecule has 170 valence electrons. The van der Waals surface area contributed by atoms with Gasteiger partial charge in [-0.1, -0.05) is 104 Å². The highest BCUT2D eigenvalue weighted by Crippen LogP contribution is 2.13. The summed E-state index contributed by atoms with van der Waals surface area (Å²) in [6.07, 6.45) is 31.2. The highest BCUT2D eigenvalue weighted by atomic mass is 15.1. The summed E-state index contributed by atoms with van der Waals surface area (Å²) in [5.74, 6) is 1.55. The van der Waals surface area contributed by atoms with Crippen molar-refractivity contribution in [2.75, 3.05) is 0 Å². The molecule has 2 nitrogen and oxygen atoms in total. The van der Waals surface area contributed by atoms with Gasteiger partial charge >= 0.3 is 0 Å². The number of imidazole rings is 1. The van der Waals surface area contributed by atoms with Gasteiger partial charge in [-0.15, -0.1) is 0 Å². The largest absolute Gasteiger partial charge is 0.256 e. The summed E-state index contributed by atoms with van der Waals surface area (Å²) < 4.78 is 5.05. The van der Waals surface area contributed by atoms with E-state index in [1.54, 1.807) is 5.82 Å². The summed E-state index contributed by atoms with van der Waals surface area (Å²) >= 11 is 0. The number of unbranched alkanes of at least 4 members (excludes halogenated alkanes) is 15. The summed E-state index contributed by atoms with van der Waals surface area (Å²) in [5.41, 5.74) is 0. The third-order valence-corrected chi connectivity index (χ3v) is 6.32. The van der Waals surface area contributed by atoms with Crippen molar-refractivity contribution < 1.29 is 4.57 Å². The van der Waals surface area contributed by atoms with Gasteiger partial charge in [-0.05, 0) is 32.1 Å². The van der Waals surface area contributed by atoms with E-state index in [4.69, 9.17) is 0 Å². The highest BCUT2D eigenvalue weighted by molar-refractivity contribution is 4.84. The van der Waals surface area contributed by atoms with E-state index in [0.717, 1.165) is 0 Å². The molecule has 1 heterocycles. The van der Waals surface area contributed by atoms with Crippen molar-refractivity contribution in [1.29, 1.82) is 0 Å². The van der Waals surface area contributed by atoms with Crippen LogP contribution < -0.4 is 4.57 Å². The molecule has 29 heavy (non-hydrogen) atoms. The number of nitrogens with zero attached hydrogens (tertiary/aromatic N) is 2. The van der Waals surface area contributed by atoms with Crippen LogP contribution in [0.4, 0.5) is 0 Å². The van der Waals surface area contributed by atoms with E-state index in [2.05, 4.69) is 42.3 Å². The van der Waals surface area contributed by atoms with Crippen LogP contribution in [0.15, 0.2) is 12.4 Å². The SMILES string of the molecule is CCCCCCCCCCCCCCCCn1cc[n+](CCCCC)c1CCC. The molecular formula is C27H53N2+. The fourth-order valence-electron chi connectivity index (χ4n) is 4.42. The van der Waals surface area contributed by atoms with Gasteiger partial charge < -0.3 is 0 Å². The molecule has 0 unspecified atom stereocenters. The maximum Gasteiger partial charge on any atom is 0.256 e. The minimum atomic E-state index is 1.20. The minimum absolute atomic E-state index is 1.20. The summed E-state index contributed by atoms with van der Waals surface area (Å²) in [6.45, 7) is 9.32. The van der Waals surface area contributed by atoms with E-state index in [0.29, 0.717) is 0 Å². The second-order valence-corrected chi connectivity index (χ2v) is 9.15. The van der Waals surface area contributed by atoms with E-state index in [9.17, 15) is 0 Å². The molecule has 0 amide bonds. The van der Waals surface area contributed by atoms with Crippen molar-refractivity contribution in [1.82, 2.24) is 4.57 Å². The quantitative estimate of drug-likeness (QED) is 0.143. The maximum absolute atomic E-state index is 2.54. The smallest absolute Gasteiger partial charge is 0.234 e. The zero-order chi connectivity index (χ0) is 21.0. The predicted molar refractivity (Wildman–Crippen MR) is 128 cm³/mol. The van der Waals surface area contributed by atoms with E-state index < -0.39 is 0 Å². The third-order valence-electron chi connectivity index (χ3n) is 6.32. The Morgan fingerprint density at radius 1 is 0.586 bits per heavy atom. The van der Waals surface area contributed by atoms with Gasteiger partial charge in [0.2, 0.25) is 0 Å². The average Bonchev–Trinajstić information content (AvgIpc) is 3.10. The molecule has 0 atom stereocenters. The van der Waals surface area contributed by atoms with Gasteiger partial charge in [0.1, 0.15) is 12.4 Å². The van der Waals surface area contributed by atoms with Crippen molar-refractivity contribution in [2.24, 2.45) is 0 Å². The van der Waals surface area contributed by atoms with Gasteiger partial charge in [-0.25, -0.2) is 9.13 Å². The first-order valence-corrected chi connectivity index (χ1v) is 13.4. The number of rotatable bonds is 21. The Balaban J connectivity index is 2.03. The van der Waals surface area contributed by atoms with Gasteiger partial charge in [-0.2, -0.15) is 0 Å². The van der Waals surface area contributed by atoms with Crippen LogP contribution in [-0.2, 0) is 19.5 Å². The molecule has 0 bridgehead atoms. The predicted octanol–water partition coefficient (Wildman–Crippen LogP) is 8.40. The summed E-state index contributed by atoms with van der Waals surface area (Å²) in [6, 6.07) is 0. The van der Waals surface area contributed by atoms with Gasteiger partial charge in [0.25, 0.3) is 5.82 Å². The van der Waals surface area contributed by atoms with Crippen molar-refractivity contribution in [3.63, 3.8) is 0 Å². The molecule has 0 aliphatic rings. The van der Waals surface area contributed by atoms with Crippen LogP contribution in [0.25, 0.3) is 0 Å². The van der Waals surface area contributed by atoms with Crippen LogP contribution in [-0.4, -0.2) is 4.57 Å². The van der Waals surface area contributed by atoms with Gasteiger partial charge in [0, 0.05) is 6.42 Å². The molecular weight excluding hydrogens is 352 g/mol. The number of hydrogen-bond acceptors (Lipinski definition) is 0. The first kappa shape index (κ1) is 26.2. The zero-order valence-electron chi connectivity index (χ0n) is 20.4. The Bertz CT molecular complexity index is 463. The van der Waals surface area contributed by atoms with Crippen LogP contribution >= 0.6 is 0 Å². The second-order valence-electron chi connectivity index (χ2n) is 9.15. The van der Waals surface area contributed by atoms with E-state index >= 15 is 0 Å². The summed E-state index contributed by atoms with van der Waals surface area (Å²) in [5, 5.41) is 0. The monoisotopic (exact) mass is 405 g/mol. The first-order chi connectivity index (χ1) is 14.3. The van der Waals surface area contributed by atoms with Crippen molar-refractivity contribution in [2.45, 2.75) is 156 Å². The molecule has 1 rings (SSSR count).